The minimum atomic E-state index is -4.46. The number of ether oxygens (including phenoxy) is 1. The smallest absolute Gasteiger partial charge is 0.372 e. The van der Waals surface area contributed by atoms with Gasteiger partial charge in [-0.25, -0.2) is 18.4 Å². The topological polar surface area (TPSA) is 69.2 Å². The fourth-order valence-corrected chi connectivity index (χ4v) is 4.70. The zero-order chi connectivity index (χ0) is 24.0. The van der Waals surface area contributed by atoms with Gasteiger partial charge in [-0.05, 0) is 43.2 Å². The van der Waals surface area contributed by atoms with Gasteiger partial charge in [-0.15, -0.1) is 0 Å². The first kappa shape index (κ1) is 22.9. The number of nitrogens with two attached hydrogens (primary N) is 1. The lowest BCUT2D eigenvalue weighted by Gasteiger charge is -2.28. The van der Waals surface area contributed by atoms with Gasteiger partial charge in [0.2, 0.25) is 0 Å². The third kappa shape index (κ3) is 4.30. The van der Waals surface area contributed by atoms with E-state index in [1.807, 2.05) is 0 Å². The Labute approximate surface area is 192 Å². The maximum Gasteiger partial charge on any atom is 0.417 e. The Bertz CT molecular complexity index is 1180. The van der Waals surface area contributed by atoms with Crippen molar-refractivity contribution in [1.82, 2.24) is 19.7 Å². The van der Waals surface area contributed by atoms with Crippen LogP contribution in [-0.4, -0.2) is 38.4 Å². The summed E-state index contributed by atoms with van der Waals surface area (Å²) >= 11 is 0. The summed E-state index contributed by atoms with van der Waals surface area (Å²) in [4.78, 5) is 6.14. The second-order valence-corrected chi connectivity index (χ2v) is 8.64. The quantitative estimate of drug-likeness (QED) is 0.573. The molecule has 4 heterocycles. The van der Waals surface area contributed by atoms with E-state index in [2.05, 4.69) is 15.0 Å². The van der Waals surface area contributed by atoms with Gasteiger partial charge in [-0.2, -0.15) is 18.3 Å². The van der Waals surface area contributed by atoms with Crippen LogP contribution in [0.3, 0.4) is 0 Å². The van der Waals surface area contributed by atoms with E-state index < -0.39 is 35.5 Å². The van der Waals surface area contributed by atoms with Crippen molar-refractivity contribution in [3.8, 4) is 5.82 Å². The van der Waals surface area contributed by atoms with Gasteiger partial charge in [-0.1, -0.05) is 0 Å². The van der Waals surface area contributed by atoms with E-state index in [-0.39, 0.29) is 11.6 Å². The zero-order valence-corrected chi connectivity index (χ0v) is 18.0. The van der Waals surface area contributed by atoms with Crippen LogP contribution in [0.2, 0.25) is 0 Å². The predicted octanol–water partition coefficient (Wildman–Crippen LogP) is 4.13. The Morgan fingerprint density at radius 2 is 1.88 bits per heavy atom. The highest BCUT2D eigenvalue weighted by atomic mass is 19.4. The molecule has 1 fully saturated rings. The van der Waals surface area contributed by atoms with Crippen molar-refractivity contribution in [2.45, 2.75) is 50.3 Å². The van der Waals surface area contributed by atoms with E-state index in [9.17, 15) is 22.0 Å². The predicted molar refractivity (Wildman–Crippen MR) is 112 cm³/mol. The number of benzene rings is 1. The summed E-state index contributed by atoms with van der Waals surface area (Å²) in [5.41, 5.74) is 7.47. The molecule has 0 saturated carbocycles. The van der Waals surface area contributed by atoms with Gasteiger partial charge in [0.15, 0.2) is 5.82 Å². The summed E-state index contributed by atoms with van der Waals surface area (Å²) in [5.74, 6) is -0.805. The van der Waals surface area contributed by atoms with Crippen molar-refractivity contribution in [2.24, 2.45) is 5.73 Å². The average molecular weight is 479 g/mol. The fraction of sp³-hybridized carbons (Fsp3) is 0.391. The first-order valence-electron chi connectivity index (χ1n) is 10.9. The summed E-state index contributed by atoms with van der Waals surface area (Å²) in [7, 11) is 0. The van der Waals surface area contributed by atoms with Crippen LogP contribution >= 0.6 is 0 Å². The van der Waals surface area contributed by atoms with E-state index in [1.165, 1.54) is 6.07 Å². The van der Waals surface area contributed by atoms with Gasteiger partial charge in [0.25, 0.3) is 0 Å². The lowest BCUT2D eigenvalue weighted by Crippen LogP contribution is -2.38. The number of rotatable bonds is 3. The largest absolute Gasteiger partial charge is 0.417 e. The number of hydrogen-bond donors (Lipinski definition) is 1. The third-order valence-corrected chi connectivity index (χ3v) is 6.44. The van der Waals surface area contributed by atoms with E-state index in [0.29, 0.717) is 38.4 Å². The molecule has 3 atom stereocenters. The molecule has 6 nitrogen and oxygen atoms in total. The van der Waals surface area contributed by atoms with Crippen LogP contribution in [-0.2, 0) is 24.0 Å². The van der Waals surface area contributed by atoms with Crippen LogP contribution in [0.25, 0.3) is 5.82 Å². The summed E-state index contributed by atoms with van der Waals surface area (Å²) in [6.07, 6.45) is -1.57. The van der Waals surface area contributed by atoms with Gasteiger partial charge < -0.3 is 10.5 Å². The summed E-state index contributed by atoms with van der Waals surface area (Å²) in [5, 5.41) is 4.30. The summed E-state index contributed by atoms with van der Waals surface area (Å²) in [6, 6.07) is 5.01. The monoisotopic (exact) mass is 479 g/mol. The number of pyridine rings is 1. The van der Waals surface area contributed by atoms with E-state index >= 15 is 0 Å². The van der Waals surface area contributed by atoms with Crippen LogP contribution < -0.4 is 5.73 Å². The molecular formula is C23H22F5N5O. The van der Waals surface area contributed by atoms with Crippen molar-refractivity contribution >= 4 is 0 Å². The first-order valence-corrected chi connectivity index (χ1v) is 10.9. The molecule has 1 aromatic carbocycles. The van der Waals surface area contributed by atoms with Crippen molar-refractivity contribution < 1.29 is 26.7 Å². The van der Waals surface area contributed by atoms with Crippen LogP contribution in [0.4, 0.5) is 22.0 Å². The molecule has 3 aromatic rings. The molecule has 0 aliphatic carbocycles. The minimum Gasteiger partial charge on any atom is -0.372 e. The Hall–Kier alpha value is -2.89. The second-order valence-electron chi connectivity index (χ2n) is 8.64. The molecule has 0 bridgehead atoms. The number of fused-ring (bicyclic) bond motifs is 1. The Morgan fingerprint density at radius 3 is 2.62 bits per heavy atom. The number of nitrogens with zero attached hydrogens (tertiary/aromatic N) is 4. The maximum atomic E-state index is 14.3. The zero-order valence-electron chi connectivity index (χ0n) is 18.0. The molecule has 11 heteroatoms. The molecule has 1 saturated heterocycles. The fourth-order valence-electron chi connectivity index (χ4n) is 4.70. The normalized spacial score (nSPS) is 23.6. The molecule has 0 radical (unpaired) electrons. The molecule has 0 amide bonds. The summed E-state index contributed by atoms with van der Waals surface area (Å²) < 4.78 is 73.9. The van der Waals surface area contributed by atoms with Crippen molar-refractivity contribution in [3.05, 3.63) is 76.7 Å². The SMILES string of the molecule is N[C@H]1C[C@@H](N2Cc3cnn(-c4ccc(C(F)(F)F)cn4)c3C2)CCO[C@@H]1c1cc(F)ccc1F. The van der Waals surface area contributed by atoms with Gasteiger partial charge in [0, 0.05) is 49.1 Å². The molecule has 2 aromatic heterocycles. The Kier molecular flexibility index (Phi) is 5.86. The highest BCUT2D eigenvalue weighted by molar-refractivity contribution is 5.33. The number of aromatic nitrogens is 3. The van der Waals surface area contributed by atoms with Crippen LogP contribution in [0.1, 0.15) is 41.3 Å². The highest BCUT2D eigenvalue weighted by Gasteiger charge is 2.36. The minimum absolute atomic E-state index is 0.0260. The molecule has 5 rings (SSSR count). The highest BCUT2D eigenvalue weighted by Crippen LogP contribution is 2.34. The molecule has 2 aliphatic rings. The molecule has 0 spiro atoms. The number of halogens is 5. The lowest BCUT2D eigenvalue weighted by molar-refractivity contribution is -0.137. The van der Waals surface area contributed by atoms with Crippen molar-refractivity contribution in [1.29, 1.82) is 0 Å². The van der Waals surface area contributed by atoms with E-state index in [4.69, 9.17) is 10.5 Å². The van der Waals surface area contributed by atoms with E-state index in [0.717, 1.165) is 41.7 Å². The van der Waals surface area contributed by atoms with Gasteiger partial charge in [0.1, 0.15) is 17.7 Å². The molecule has 2 aliphatic heterocycles. The Morgan fingerprint density at radius 1 is 1.06 bits per heavy atom. The molecule has 2 N–H and O–H groups in total. The van der Waals surface area contributed by atoms with Crippen LogP contribution in [0, 0.1) is 11.6 Å². The first-order chi connectivity index (χ1) is 16.2. The maximum absolute atomic E-state index is 14.3. The van der Waals surface area contributed by atoms with Crippen LogP contribution in [0.15, 0.2) is 42.7 Å². The van der Waals surface area contributed by atoms with Crippen molar-refractivity contribution in [2.75, 3.05) is 6.61 Å². The van der Waals surface area contributed by atoms with Gasteiger partial charge in [0.05, 0.1) is 17.5 Å². The summed E-state index contributed by atoms with van der Waals surface area (Å²) in [6.45, 7) is 1.43. The number of hydrogen-bond acceptors (Lipinski definition) is 5. The molecule has 0 unspecified atom stereocenters. The van der Waals surface area contributed by atoms with Gasteiger partial charge >= 0.3 is 6.18 Å². The second kappa shape index (κ2) is 8.71. The van der Waals surface area contributed by atoms with Crippen LogP contribution in [0.5, 0.6) is 0 Å². The molecular weight excluding hydrogens is 457 g/mol. The van der Waals surface area contributed by atoms with Crippen molar-refractivity contribution in [3.63, 3.8) is 0 Å². The number of alkyl halides is 3. The lowest BCUT2D eigenvalue weighted by atomic mass is 9.96. The van der Waals surface area contributed by atoms with Gasteiger partial charge in [-0.3, -0.25) is 4.90 Å². The molecule has 34 heavy (non-hydrogen) atoms. The third-order valence-electron chi connectivity index (χ3n) is 6.44. The standard InChI is InChI=1S/C23H22F5N5O/c24-15-2-3-18(25)17(7-15)22-19(29)8-16(5-6-34-22)32-11-13-9-31-33(20(13)12-32)21-4-1-14(10-30-21)23(26,27)28/h1-4,7,9-10,16,19,22H,5-6,8,11-12,29H2/t16-,19-,22+/m0/s1. The average Bonchev–Trinajstić information content (AvgIpc) is 3.32. The Balaban J connectivity index is 1.31. The van der Waals surface area contributed by atoms with E-state index in [1.54, 1.807) is 10.9 Å². The molecule has 180 valence electrons.